The van der Waals surface area contributed by atoms with Crippen molar-refractivity contribution >= 4 is 12.0 Å². The van der Waals surface area contributed by atoms with Gasteiger partial charge >= 0.3 is 12.0 Å². The molecule has 0 saturated carbocycles. The molecule has 1 N–H and O–H groups in total. The highest BCUT2D eigenvalue weighted by Crippen LogP contribution is 2.04. The van der Waals surface area contributed by atoms with E-state index in [-0.39, 0.29) is 18.5 Å². The molecule has 0 aliphatic heterocycles. The zero-order chi connectivity index (χ0) is 14.1. The van der Waals surface area contributed by atoms with E-state index in [4.69, 9.17) is 5.11 Å². The molecule has 2 amide bonds. The number of carboxylic acid groups (broad SMARTS) is 1. The summed E-state index contributed by atoms with van der Waals surface area (Å²) in [6.45, 7) is 8.36. The number of nitrogens with zero attached hydrogens (tertiary/aromatic N) is 2. The highest BCUT2D eigenvalue weighted by Gasteiger charge is 2.20. The van der Waals surface area contributed by atoms with Gasteiger partial charge in [0.05, 0.1) is 0 Å². The second-order valence-electron chi connectivity index (χ2n) is 4.80. The summed E-state index contributed by atoms with van der Waals surface area (Å²) in [5.74, 6) is -0.738. The third-order valence-corrected chi connectivity index (χ3v) is 2.41. The molecule has 0 spiro atoms. The fraction of sp³-hybridized carbons (Fsp3) is 0.692. The number of hydrogen-bond donors (Lipinski definition) is 1. The van der Waals surface area contributed by atoms with E-state index < -0.39 is 5.97 Å². The minimum atomic E-state index is -0.983. The van der Waals surface area contributed by atoms with Gasteiger partial charge in [-0.1, -0.05) is 19.9 Å². The average molecular weight is 256 g/mol. The van der Waals surface area contributed by atoms with E-state index in [0.717, 1.165) is 12.8 Å². The molecular formula is C13H24N2O3. The molecule has 0 bridgehead atoms. The van der Waals surface area contributed by atoms with Crippen LogP contribution in [0.25, 0.3) is 0 Å². The maximum atomic E-state index is 12.1. The fourth-order valence-corrected chi connectivity index (χ4v) is 1.62. The Morgan fingerprint density at radius 2 is 2.00 bits per heavy atom. The number of carboxylic acids is 1. The standard InChI is InChI=1S/C13H24N2O3/c1-5-6-7-8-14(4)13(18)15(9-11(2)3)10-12(16)17/h5,11H,1,6-10H2,2-4H3,(H,16,17). The Balaban J connectivity index is 4.42. The average Bonchev–Trinajstić information content (AvgIpc) is 2.26. The fourth-order valence-electron chi connectivity index (χ4n) is 1.62. The van der Waals surface area contributed by atoms with E-state index in [0.29, 0.717) is 13.1 Å². The molecule has 0 rings (SSSR count). The van der Waals surface area contributed by atoms with Gasteiger partial charge in [0.2, 0.25) is 0 Å². The SMILES string of the molecule is C=CCCCN(C)C(=O)N(CC(=O)O)CC(C)C. The number of unbranched alkanes of at least 4 members (excludes halogenated alkanes) is 1. The van der Waals surface area contributed by atoms with Crippen molar-refractivity contribution in [3.05, 3.63) is 12.7 Å². The van der Waals surface area contributed by atoms with Crippen LogP contribution in [0.2, 0.25) is 0 Å². The van der Waals surface area contributed by atoms with Crippen LogP contribution in [0, 0.1) is 5.92 Å². The summed E-state index contributed by atoms with van der Waals surface area (Å²) >= 11 is 0. The topological polar surface area (TPSA) is 60.9 Å². The molecule has 0 aromatic carbocycles. The molecule has 0 aliphatic carbocycles. The first-order valence-corrected chi connectivity index (χ1v) is 6.21. The van der Waals surface area contributed by atoms with Gasteiger partial charge in [-0.25, -0.2) is 4.79 Å². The Morgan fingerprint density at radius 1 is 1.39 bits per heavy atom. The van der Waals surface area contributed by atoms with Gasteiger partial charge in [0.15, 0.2) is 0 Å². The largest absolute Gasteiger partial charge is 0.480 e. The highest BCUT2D eigenvalue weighted by molar-refractivity contribution is 5.80. The van der Waals surface area contributed by atoms with Crippen molar-refractivity contribution in [2.45, 2.75) is 26.7 Å². The molecule has 5 heteroatoms. The monoisotopic (exact) mass is 256 g/mol. The number of aliphatic carboxylic acids is 1. The van der Waals surface area contributed by atoms with Crippen LogP contribution < -0.4 is 0 Å². The first kappa shape index (κ1) is 16.5. The van der Waals surface area contributed by atoms with Gasteiger partial charge in [0, 0.05) is 20.1 Å². The van der Waals surface area contributed by atoms with Crippen molar-refractivity contribution in [2.75, 3.05) is 26.7 Å². The van der Waals surface area contributed by atoms with E-state index in [9.17, 15) is 9.59 Å². The zero-order valence-corrected chi connectivity index (χ0v) is 11.6. The molecule has 5 nitrogen and oxygen atoms in total. The quantitative estimate of drug-likeness (QED) is 0.534. The van der Waals surface area contributed by atoms with Crippen LogP contribution in [0.3, 0.4) is 0 Å². The number of rotatable bonds is 8. The van der Waals surface area contributed by atoms with Gasteiger partial charge in [0.1, 0.15) is 6.54 Å². The summed E-state index contributed by atoms with van der Waals surface area (Å²) in [5.41, 5.74) is 0. The number of carbonyl (C=O) groups excluding carboxylic acids is 1. The molecule has 0 heterocycles. The summed E-state index contributed by atoms with van der Waals surface area (Å²) < 4.78 is 0. The van der Waals surface area contributed by atoms with Gasteiger partial charge in [-0.15, -0.1) is 6.58 Å². The molecule has 0 aliphatic rings. The first-order chi connectivity index (χ1) is 8.38. The molecular weight excluding hydrogens is 232 g/mol. The van der Waals surface area contributed by atoms with Gasteiger partial charge in [-0.2, -0.15) is 0 Å². The van der Waals surface area contributed by atoms with Crippen LogP contribution in [0.5, 0.6) is 0 Å². The van der Waals surface area contributed by atoms with Crippen LogP contribution in [0.4, 0.5) is 4.79 Å². The lowest BCUT2D eigenvalue weighted by Gasteiger charge is -2.28. The molecule has 0 aromatic rings. The molecule has 104 valence electrons. The first-order valence-electron chi connectivity index (χ1n) is 6.21. The number of urea groups is 1. The third-order valence-electron chi connectivity index (χ3n) is 2.41. The van der Waals surface area contributed by atoms with E-state index >= 15 is 0 Å². The lowest BCUT2D eigenvalue weighted by molar-refractivity contribution is -0.137. The van der Waals surface area contributed by atoms with Crippen molar-refractivity contribution < 1.29 is 14.7 Å². The Bertz CT molecular complexity index is 290. The van der Waals surface area contributed by atoms with Crippen molar-refractivity contribution in [1.82, 2.24) is 9.80 Å². The molecule has 0 saturated heterocycles. The summed E-state index contributed by atoms with van der Waals surface area (Å²) in [6.07, 6.45) is 3.50. The zero-order valence-electron chi connectivity index (χ0n) is 11.6. The molecule has 0 radical (unpaired) electrons. The summed E-state index contributed by atoms with van der Waals surface area (Å²) in [5, 5.41) is 8.82. The van der Waals surface area contributed by atoms with E-state index in [2.05, 4.69) is 6.58 Å². The van der Waals surface area contributed by atoms with Crippen LogP contribution in [-0.4, -0.2) is 53.6 Å². The third kappa shape index (κ3) is 6.93. The van der Waals surface area contributed by atoms with Crippen molar-refractivity contribution in [1.29, 1.82) is 0 Å². The summed E-state index contributed by atoms with van der Waals surface area (Å²) in [4.78, 5) is 25.8. The lowest BCUT2D eigenvalue weighted by atomic mass is 10.2. The summed E-state index contributed by atoms with van der Waals surface area (Å²) in [6, 6.07) is -0.227. The van der Waals surface area contributed by atoms with Gasteiger partial charge in [-0.05, 0) is 18.8 Å². The number of carbonyl (C=O) groups is 2. The molecule has 0 atom stereocenters. The van der Waals surface area contributed by atoms with Crippen LogP contribution in [0.15, 0.2) is 12.7 Å². The Kier molecular flexibility index (Phi) is 7.83. The number of hydrogen-bond acceptors (Lipinski definition) is 2. The van der Waals surface area contributed by atoms with Crippen LogP contribution in [-0.2, 0) is 4.79 Å². The van der Waals surface area contributed by atoms with E-state index in [1.54, 1.807) is 18.0 Å². The van der Waals surface area contributed by atoms with Crippen LogP contribution >= 0.6 is 0 Å². The number of allylic oxidation sites excluding steroid dienone is 1. The summed E-state index contributed by atoms with van der Waals surface area (Å²) in [7, 11) is 1.70. The molecule has 0 fully saturated rings. The van der Waals surface area contributed by atoms with Crippen molar-refractivity contribution in [3.63, 3.8) is 0 Å². The normalized spacial score (nSPS) is 10.2. The van der Waals surface area contributed by atoms with Gasteiger partial charge in [0.25, 0.3) is 0 Å². The second kappa shape index (κ2) is 8.55. The molecule has 18 heavy (non-hydrogen) atoms. The minimum absolute atomic E-state index is 0.227. The molecule has 0 unspecified atom stereocenters. The number of amides is 2. The van der Waals surface area contributed by atoms with Crippen molar-refractivity contribution in [3.8, 4) is 0 Å². The Hall–Kier alpha value is -1.52. The van der Waals surface area contributed by atoms with Gasteiger partial charge < -0.3 is 14.9 Å². The molecule has 0 aromatic heterocycles. The predicted octanol–water partition coefficient (Wildman–Crippen LogP) is 2.05. The van der Waals surface area contributed by atoms with E-state index in [1.165, 1.54) is 4.90 Å². The Morgan fingerprint density at radius 3 is 2.44 bits per heavy atom. The minimum Gasteiger partial charge on any atom is -0.480 e. The van der Waals surface area contributed by atoms with Gasteiger partial charge in [-0.3, -0.25) is 4.79 Å². The highest BCUT2D eigenvalue weighted by atomic mass is 16.4. The smallest absolute Gasteiger partial charge is 0.323 e. The maximum absolute atomic E-state index is 12.1. The second-order valence-corrected chi connectivity index (χ2v) is 4.80. The van der Waals surface area contributed by atoms with Crippen LogP contribution in [0.1, 0.15) is 26.7 Å². The van der Waals surface area contributed by atoms with Crippen molar-refractivity contribution in [2.24, 2.45) is 5.92 Å². The Labute approximate surface area is 109 Å². The van der Waals surface area contributed by atoms with E-state index in [1.807, 2.05) is 13.8 Å². The predicted molar refractivity (Wildman–Crippen MR) is 71.5 cm³/mol. The lowest BCUT2D eigenvalue weighted by Crippen LogP contribution is -2.45. The maximum Gasteiger partial charge on any atom is 0.323 e.